The minimum atomic E-state index is 0.656. The molecule has 1 fully saturated rings. The Kier molecular flexibility index (Phi) is 2.53. The summed E-state index contributed by atoms with van der Waals surface area (Å²) in [5.74, 6) is 0. The van der Waals surface area contributed by atoms with Gasteiger partial charge in [0, 0.05) is 19.1 Å². The molecule has 17 heavy (non-hydrogen) atoms. The van der Waals surface area contributed by atoms with Gasteiger partial charge in [0.1, 0.15) is 0 Å². The van der Waals surface area contributed by atoms with Gasteiger partial charge in [-0.15, -0.1) is 0 Å². The van der Waals surface area contributed by atoms with Crippen LogP contribution in [0.1, 0.15) is 36.8 Å². The third kappa shape index (κ3) is 1.70. The molecule has 0 saturated heterocycles. The Hall–Kier alpha value is -1.18. The number of benzene rings is 1. The molecule has 0 radical (unpaired) electrons. The number of anilines is 2. The van der Waals surface area contributed by atoms with Crippen LogP contribution in [0.25, 0.3) is 0 Å². The van der Waals surface area contributed by atoms with E-state index in [1.165, 1.54) is 48.2 Å². The summed E-state index contributed by atoms with van der Waals surface area (Å²) in [5, 5.41) is 3.76. The molecule has 92 valence electrons. The number of likely N-dealkylation sites (N-methyl/N-ethyl adjacent to an activating group) is 1. The smallest absolute Gasteiger partial charge is 0.0605 e. The maximum atomic E-state index is 3.76. The van der Waals surface area contributed by atoms with Crippen molar-refractivity contribution in [2.75, 3.05) is 17.3 Å². The van der Waals surface area contributed by atoms with Gasteiger partial charge < -0.3 is 10.2 Å². The molecule has 0 aromatic heterocycles. The van der Waals surface area contributed by atoms with Crippen LogP contribution in [-0.4, -0.2) is 19.1 Å². The van der Waals surface area contributed by atoms with E-state index in [0.717, 1.165) is 0 Å². The quantitative estimate of drug-likeness (QED) is 0.734. The number of nitrogens with zero attached hydrogens (tertiary/aromatic N) is 1. The van der Waals surface area contributed by atoms with E-state index in [4.69, 9.17) is 0 Å². The SMILES string of the molecule is Cc1cc2c(cc1C)N(C)C1CCCCC1N2. The predicted octanol–water partition coefficient (Wildman–Crippen LogP) is 3.48. The fourth-order valence-corrected chi connectivity index (χ4v) is 3.33. The Morgan fingerprint density at radius 2 is 1.82 bits per heavy atom. The lowest BCUT2D eigenvalue weighted by Gasteiger charge is -2.45. The van der Waals surface area contributed by atoms with Gasteiger partial charge in [0.25, 0.3) is 0 Å². The molecule has 0 bridgehead atoms. The van der Waals surface area contributed by atoms with Crippen LogP contribution in [0, 0.1) is 13.8 Å². The second kappa shape index (κ2) is 3.94. The summed E-state index contributed by atoms with van der Waals surface area (Å²) in [6, 6.07) is 6.00. The van der Waals surface area contributed by atoms with Gasteiger partial charge in [-0.2, -0.15) is 0 Å². The van der Waals surface area contributed by atoms with E-state index < -0.39 is 0 Å². The van der Waals surface area contributed by atoms with Crippen LogP contribution in [0.5, 0.6) is 0 Å². The summed E-state index contributed by atoms with van der Waals surface area (Å²) in [4.78, 5) is 2.50. The Labute approximate surface area is 104 Å². The number of fused-ring (bicyclic) bond motifs is 2. The molecule has 2 atom stereocenters. The molecule has 3 rings (SSSR count). The summed E-state index contributed by atoms with van der Waals surface area (Å²) in [7, 11) is 2.26. The largest absolute Gasteiger partial charge is 0.379 e. The van der Waals surface area contributed by atoms with E-state index in [-0.39, 0.29) is 0 Å². The Balaban J connectivity index is 2.03. The molecule has 1 aromatic carbocycles. The zero-order valence-electron chi connectivity index (χ0n) is 11.1. The van der Waals surface area contributed by atoms with Gasteiger partial charge in [0.05, 0.1) is 11.4 Å². The summed E-state index contributed by atoms with van der Waals surface area (Å²) >= 11 is 0. The number of hydrogen-bond donors (Lipinski definition) is 1. The van der Waals surface area contributed by atoms with Crippen molar-refractivity contribution in [3.63, 3.8) is 0 Å². The first kappa shape index (κ1) is 10.9. The first-order valence-electron chi connectivity index (χ1n) is 6.77. The lowest BCUT2D eigenvalue weighted by atomic mass is 9.86. The van der Waals surface area contributed by atoms with Gasteiger partial charge in [0.2, 0.25) is 0 Å². The minimum absolute atomic E-state index is 0.656. The highest BCUT2D eigenvalue weighted by atomic mass is 15.2. The van der Waals surface area contributed by atoms with E-state index in [9.17, 15) is 0 Å². The van der Waals surface area contributed by atoms with Crippen LogP contribution in [0.2, 0.25) is 0 Å². The number of aryl methyl sites for hydroxylation is 2. The molecular formula is C15H22N2. The highest BCUT2D eigenvalue weighted by Gasteiger charge is 2.33. The van der Waals surface area contributed by atoms with Gasteiger partial charge in [-0.1, -0.05) is 12.8 Å². The van der Waals surface area contributed by atoms with Crippen molar-refractivity contribution < 1.29 is 0 Å². The van der Waals surface area contributed by atoms with E-state index in [2.05, 4.69) is 43.2 Å². The fraction of sp³-hybridized carbons (Fsp3) is 0.600. The average molecular weight is 230 g/mol. The van der Waals surface area contributed by atoms with Gasteiger partial charge in [0.15, 0.2) is 0 Å². The maximum Gasteiger partial charge on any atom is 0.0605 e. The van der Waals surface area contributed by atoms with Crippen molar-refractivity contribution in [2.45, 2.75) is 51.6 Å². The third-order valence-corrected chi connectivity index (χ3v) is 4.56. The highest BCUT2D eigenvalue weighted by molar-refractivity contribution is 5.75. The molecule has 1 aliphatic carbocycles. The molecule has 0 spiro atoms. The third-order valence-electron chi connectivity index (χ3n) is 4.56. The molecule has 2 heteroatoms. The maximum absolute atomic E-state index is 3.76. The van der Waals surface area contributed by atoms with Crippen LogP contribution in [-0.2, 0) is 0 Å². The summed E-state index contributed by atoms with van der Waals surface area (Å²) in [5.41, 5.74) is 5.50. The molecule has 1 saturated carbocycles. The molecule has 1 aliphatic heterocycles. The van der Waals surface area contributed by atoms with Crippen molar-refractivity contribution in [3.05, 3.63) is 23.3 Å². The van der Waals surface area contributed by atoms with Crippen molar-refractivity contribution in [3.8, 4) is 0 Å². The Bertz CT molecular complexity index is 439. The Morgan fingerprint density at radius 1 is 1.12 bits per heavy atom. The van der Waals surface area contributed by atoms with Crippen LogP contribution >= 0.6 is 0 Å². The van der Waals surface area contributed by atoms with Crippen molar-refractivity contribution in [1.29, 1.82) is 0 Å². The Morgan fingerprint density at radius 3 is 2.65 bits per heavy atom. The molecule has 1 N–H and O–H groups in total. The molecule has 1 aromatic rings. The number of rotatable bonds is 0. The normalized spacial score (nSPS) is 27.1. The molecule has 2 nitrogen and oxygen atoms in total. The lowest BCUT2D eigenvalue weighted by Crippen LogP contribution is -2.50. The second-order valence-electron chi connectivity index (χ2n) is 5.67. The summed E-state index contributed by atoms with van der Waals surface area (Å²) in [6.07, 6.45) is 5.41. The van der Waals surface area contributed by atoms with Gasteiger partial charge in [-0.25, -0.2) is 0 Å². The zero-order valence-corrected chi connectivity index (χ0v) is 11.1. The van der Waals surface area contributed by atoms with Crippen molar-refractivity contribution in [2.24, 2.45) is 0 Å². The first-order valence-corrected chi connectivity index (χ1v) is 6.77. The minimum Gasteiger partial charge on any atom is -0.379 e. The molecule has 1 heterocycles. The van der Waals surface area contributed by atoms with E-state index in [1.807, 2.05) is 0 Å². The predicted molar refractivity (Wildman–Crippen MR) is 74.0 cm³/mol. The fourth-order valence-electron chi connectivity index (χ4n) is 3.33. The second-order valence-corrected chi connectivity index (χ2v) is 5.67. The van der Waals surface area contributed by atoms with Gasteiger partial charge in [-0.3, -0.25) is 0 Å². The lowest BCUT2D eigenvalue weighted by molar-refractivity contribution is 0.385. The summed E-state index contributed by atoms with van der Waals surface area (Å²) < 4.78 is 0. The standard InChI is InChI=1S/C15H22N2/c1-10-8-13-15(9-11(10)2)17(3)14-7-5-4-6-12(14)16-13/h8-9,12,14,16H,4-7H2,1-3H3. The van der Waals surface area contributed by atoms with E-state index in [1.54, 1.807) is 0 Å². The number of nitrogens with one attached hydrogen (secondary N) is 1. The van der Waals surface area contributed by atoms with Gasteiger partial charge in [-0.05, 0) is 49.9 Å². The molecular weight excluding hydrogens is 208 g/mol. The molecule has 2 unspecified atom stereocenters. The first-order chi connectivity index (χ1) is 8.16. The van der Waals surface area contributed by atoms with Crippen LogP contribution < -0.4 is 10.2 Å². The van der Waals surface area contributed by atoms with Crippen LogP contribution in [0.4, 0.5) is 11.4 Å². The molecule has 0 amide bonds. The number of hydrogen-bond acceptors (Lipinski definition) is 2. The van der Waals surface area contributed by atoms with E-state index >= 15 is 0 Å². The van der Waals surface area contributed by atoms with Crippen LogP contribution in [0.3, 0.4) is 0 Å². The monoisotopic (exact) mass is 230 g/mol. The van der Waals surface area contributed by atoms with Crippen molar-refractivity contribution in [1.82, 2.24) is 0 Å². The van der Waals surface area contributed by atoms with E-state index in [0.29, 0.717) is 12.1 Å². The summed E-state index contributed by atoms with van der Waals surface area (Å²) in [6.45, 7) is 4.40. The van der Waals surface area contributed by atoms with Gasteiger partial charge >= 0.3 is 0 Å². The topological polar surface area (TPSA) is 15.3 Å². The zero-order chi connectivity index (χ0) is 12.0. The highest BCUT2D eigenvalue weighted by Crippen LogP contribution is 2.39. The van der Waals surface area contributed by atoms with Crippen molar-refractivity contribution >= 4 is 11.4 Å². The van der Waals surface area contributed by atoms with Crippen LogP contribution in [0.15, 0.2) is 12.1 Å². The molecule has 2 aliphatic rings. The average Bonchev–Trinajstić information content (AvgIpc) is 2.32.